The van der Waals surface area contributed by atoms with Crippen LogP contribution in [0.15, 0.2) is 47.5 Å². The Morgan fingerprint density at radius 1 is 1.00 bits per heavy atom. The Hall–Kier alpha value is -3.58. The lowest BCUT2D eigenvalue weighted by Crippen LogP contribution is -2.49. The number of benzene rings is 1. The van der Waals surface area contributed by atoms with Gasteiger partial charge < -0.3 is 15.4 Å². The topological polar surface area (TPSA) is 124 Å². The highest BCUT2D eigenvalue weighted by Crippen LogP contribution is 2.30. The third-order valence-corrected chi connectivity index (χ3v) is 8.61. The highest BCUT2D eigenvalue weighted by molar-refractivity contribution is 7.88. The molecule has 10 nitrogen and oxygen atoms in total. The van der Waals surface area contributed by atoms with Crippen molar-refractivity contribution in [3.63, 3.8) is 0 Å². The van der Waals surface area contributed by atoms with Gasteiger partial charge in [0.1, 0.15) is 23.1 Å². The lowest BCUT2D eigenvalue weighted by molar-refractivity contribution is 0.205. The van der Waals surface area contributed by atoms with Crippen LogP contribution in [0.3, 0.4) is 0 Å². The van der Waals surface area contributed by atoms with E-state index in [9.17, 15) is 22.0 Å². The van der Waals surface area contributed by atoms with Crippen molar-refractivity contribution in [2.75, 3.05) is 36.8 Å². The average molecular weight is 547 g/mol. The first-order chi connectivity index (χ1) is 18.2. The van der Waals surface area contributed by atoms with Gasteiger partial charge in [0.25, 0.3) is 0 Å². The van der Waals surface area contributed by atoms with Crippen molar-refractivity contribution in [1.29, 1.82) is 0 Å². The Bertz CT molecular complexity index is 1450. The molecule has 1 aliphatic carbocycles. The summed E-state index contributed by atoms with van der Waals surface area (Å²) in [5.74, 6) is -1.50. The van der Waals surface area contributed by atoms with Gasteiger partial charge in [0, 0.05) is 38.4 Å². The van der Waals surface area contributed by atoms with Crippen LogP contribution in [0.4, 0.5) is 20.3 Å². The number of aromatic nitrogens is 3. The number of halogens is 2. The fraction of sp³-hybridized carbons (Fsp3) is 0.400. The predicted molar refractivity (Wildman–Crippen MR) is 138 cm³/mol. The van der Waals surface area contributed by atoms with Gasteiger partial charge >= 0.3 is 5.56 Å². The zero-order valence-electron chi connectivity index (χ0n) is 20.6. The minimum Gasteiger partial charge on any atom is -0.483 e. The van der Waals surface area contributed by atoms with E-state index in [0.717, 1.165) is 48.6 Å². The van der Waals surface area contributed by atoms with Crippen LogP contribution in [0.25, 0.3) is 5.69 Å². The summed E-state index contributed by atoms with van der Waals surface area (Å²) in [5, 5.41) is 4.17. The summed E-state index contributed by atoms with van der Waals surface area (Å²) in [4.78, 5) is 19.3. The van der Waals surface area contributed by atoms with Crippen molar-refractivity contribution in [3.05, 3.63) is 70.3 Å². The molecule has 0 spiro atoms. The fourth-order valence-corrected chi connectivity index (χ4v) is 6.31. The van der Waals surface area contributed by atoms with E-state index in [1.807, 2.05) is 4.90 Å². The van der Waals surface area contributed by atoms with Crippen molar-refractivity contribution in [3.8, 4) is 11.4 Å². The Labute approximate surface area is 218 Å². The lowest BCUT2D eigenvalue weighted by Gasteiger charge is -2.36. The number of nitrogens with two attached hydrogens (primary N) is 1. The number of rotatable bonds is 7. The summed E-state index contributed by atoms with van der Waals surface area (Å²) < 4.78 is 62.1. The molecule has 2 N–H and O–H groups in total. The zero-order valence-corrected chi connectivity index (χ0v) is 21.4. The average Bonchev–Trinajstić information content (AvgIpc) is 3.39. The van der Waals surface area contributed by atoms with Crippen molar-refractivity contribution < 1.29 is 21.9 Å². The molecule has 0 radical (unpaired) electrons. The van der Waals surface area contributed by atoms with Gasteiger partial charge in [-0.15, -0.1) is 0 Å². The number of sulfonamides is 1. The molecule has 0 bridgehead atoms. The van der Waals surface area contributed by atoms with Crippen molar-refractivity contribution in [2.24, 2.45) is 0 Å². The van der Waals surface area contributed by atoms with E-state index in [-0.39, 0.29) is 36.4 Å². The lowest BCUT2D eigenvalue weighted by atomic mass is 10.2. The molecule has 2 fully saturated rings. The number of ether oxygens (including phenoxy) is 1. The molecule has 1 saturated heterocycles. The molecule has 0 amide bonds. The van der Waals surface area contributed by atoms with Gasteiger partial charge in [-0.1, -0.05) is 6.07 Å². The molecule has 13 heteroatoms. The van der Waals surface area contributed by atoms with Crippen molar-refractivity contribution in [2.45, 2.75) is 37.5 Å². The van der Waals surface area contributed by atoms with Crippen LogP contribution < -0.4 is 20.9 Å². The highest BCUT2D eigenvalue weighted by atomic mass is 32.2. The van der Waals surface area contributed by atoms with Crippen LogP contribution in [-0.2, 0) is 15.8 Å². The Balaban J connectivity index is 1.39. The molecule has 38 heavy (non-hydrogen) atoms. The summed E-state index contributed by atoms with van der Waals surface area (Å²) in [6, 6.07) is 5.96. The van der Waals surface area contributed by atoms with E-state index in [4.69, 9.17) is 10.5 Å². The maximum absolute atomic E-state index is 13.8. The fourth-order valence-electron chi connectivity index (χ4n) is 4.81. The van der Waals surface area contributed by atoms with E-state index >= 15 is 0 Å². The minimum absolute atomic E-state index is 0.0424. The summed E-state index contributed by atoms with van der Waals surface area (Å²) in [7, 11) is -3.60. The number of nitrogens with zero attached hydrogens (tertiary/aromatic N) is 5. The van der Waals surface area contributed by atoms with Gasteiger partial charge in [-0.3, -0.25) is 4.79 Å². The maximum Gasteiger partial charge on any atom is 0.316 e. The maximum atomic E-state index is 13.8. The number of pyridine rings is 1. The molecule has 0 atom stereocenters. The second-order valence-electron chi connectivity index (χ2n) is 9.46. The van der Waals surface area contributed by atoms with Gasteiger partial charge in [0.05, 0.1) is 23.7 Å². The van der Waals surface area contributed by atoms with Gasteiger partial charge in [0.15, 0.2) is 0 Å². The first-order valence-corrected chi connectivity index (χ1v) is 14.0. The minimum atomic E-state index is -3.60. The molecule has 1 aliphatic heterocycles. The number of hydrogen-bond donors (Lipinski definition) is 1. The Morgan fingerprint density at radius 2 is 1.68 bits per heavy atom. The van der Waals surface area contributed by atoms with Crippen LogP contribution in [0.2, 0.25) is 0 Å². The zero-order chi connectivity index (χ0) is 26.9. The largest absolute Gasteiger partial charge is 0.483 e. The molecular weight excluding hydrogens is 518 g/mol. The molecule has 1 saturated carbocycles. The molecule has 3 aromatic rings. The second kappa shape index (κ2) is 10.7. The van der Waals surface area contributed by atoms with Gasteiger partial charge in [-0.05, 0) is 49.4 Å². The molecular formula is C25H28F2N6O4S. The first-order valence-electron chi connectivity index (χ1n) is 12.4. The third-order valence-electron chi connectivity index (χ3n) is 6.76. The summed E-state index contributed by atoms with van der Waals surface area (Å²) in [6.07, 6.45) is 6.27. The monoisotopic (exact) mass is 546 g/mol. The van der Waals surface area contributed by atoms with E-state index in [1.165, 1.54) is 16.7 Å². The van der Waals surface area contributed by atoms with E-state index in [1.54, 1.807) is 12.1 Å². The van der Waals surface area contributed by atoms with Crippen molar-refractivity contribution >= 4 is 21.5 Å². The second-order valence-corrected chi connectivity index (χ2v) is 11.4. The van der Waals surface area contributed by atoms with Crippen molar-refractivity contribution in [1.82, 2.24) is 19.1 Å². The van der Waals surface area contributed by atoms with E-state index < -0.39 is 27.2 Å². The SMILES string of the molecule is Nc1ccc(CS(=O)(=O)N2CCN(c3cnn(-c4cc(F)cc(F)c4)c(=O)c3OC3CCCC3)CC2)cn1. The van der Waals surface area contributed by atoms with Crippen LogP contribution in [-0.4, -0.2) is 59.8 Å². The molecule has 3 heterocycles. The van der Waals surface area contributed by atoms with E-state index in [2.05, 4.69) is 10.1 Å². The summed E-state index contributed by atoms with van der Waals surface area (Å²) in [5.41, 5.74) is 5.86. The number of anilines is 2. The molecule has 2 aliphatic rings. The molecule has 2 aromatic heterocycles. The number of nitrogen functional groups attached to an aromatic ring is 1. The van der Waals surface area contributed by atoms with Crippen LogP contribution in [0.5, 0.6) is 5.75 Å². The van der Waals surface area contributed by atoms with E-state index in [0.29, 0.717) is 30.2 Å². The third kappa shape index (κ3) is 5.63. The molecule has 202 valence electrons. The van der Waals surface area contributed by atoms with Crippen LogP contribution >= 0.6 is 0 Å². The Kier molecular flexibility index (Phi) is 7.30. The van der Waals surface area contributed by atoms with Gasteiger partial charge in [-0.25, -0.2) is 22.2 Å². The number of hydrogen-bond acceptors (Lipinski definition) is 8. The number of piperazine rings is 1. The van der Waals surface area contributed by atoms with Gasteiger partial charge in [0.2, 0.25) is 15.8 Å². The molecule has 1 aromatic carbocycles. The Morgan fingerprint density at radius 3 is 2.32 bits per heavy atom. The molecule has 0 unspecified atom stereocenters. The highest BCUT2D eigenvalue weighted by Gasteiger charge is 2.30. The standard InChI is InChI=1S/C25H28F2N6O4S/c26-18-11-19(27)13-20(12-18)33-25(34)24(37-21-3-1-2-4-21)22(15-30-33)31-7-9-32(10-8-31)38(35,36)16-17-5-6-23(28)29-14-17/h5-6,11-15,21H,1-4,7-10,16H2,(H2,28,29). The van der Waals surface area contributed by atoms with Crippen LogP contribution in [0, 0.1) is 11.6 Å². The molecule has 5 rings (SSSR count). The predicted octanol–water partition coefficient (Wildman–Crippen LogP) is 2.46. The summed E-state index contributed by atoms with van der Waals surface area (Å²) in [6.45, 7) is 1.01. The van der Waals surface area contributed by atoms with Crippen LogP contribution in [0.1, 0.15) is 31.2 Å². The quantitative estimate of drug-likeness (QED) is 0.480. The normalized spacial score (nSPS) is 17.2. The first kappa shape index (κ1) is 26.0. The van der Waals surface area contributed by atoms with Gasteiger partial charge in [-0.2, -0.15) is 14.1 Å². The summed E-state index contributed by atoms with van der Waals surface area (Å²) >= 11 is 0. The smallest absolute Gasteiger partial charge is 0.316 e.